The lowest BCUT2D eigenvalue weighted by molar-refractivity contribution is -0.122. The Labute approximate surface area is 177 Å². The van der Waals surface area contributed by atoms with E-state index >= 15 is 0 Å². The predicted octanol–water partition coefficient (Wildman–Crippen LogP) is 2.51. The van der Waals surface area contributed by atoms with Crippen LogP contribution < -0.4 is 5.32 Å². The molecule has 1 aliphatic heterocycles. The summed E-state index contributed by atoms with van der Waals surface area (Å²) < 4.78 is 0. The number of rotatable bonds is 6. The molecule has 6 heteroatoms. The molecular weight excluding hydrogens is 378 g/mol. The number of nitrogens with zero attached hydrogens (tertiary/aromatic N) is 2. The van der Waals surface area contributed by atoms with Crippen molar-refractivity contribution in [1.82, 2.24) is 15.1 Å². The van der Waals surface area contributed by atoms with E-state index in [1.807, 2.05) is 26.0 Å². The van der Waals surface area contributed by atoms with Crippen molar-refractivity contribution in [2.45, 2.75) is 20.3 Å². The Morgan fingerprint density at radius 2 is 1.60 bits per heavy atom. The largest absolute Gasteiger partial charge is 0.355 e. The maximum absolute atomic E-state index is 13.3. The maximum atomic E-state index is 13.3. The number of carbonyl (C=O) groups is 3. The van der Waals surface area contributed by atoms with Crippen LogP contribution in [-0.4, -0.2) is 66.7 Å². The number of hydrogen-bond donors (Lipinski definition) is 1. The second-order valence-corrected chi connectivity index (χ2v) is 7.62. The summed E-state index contributed by atoms with van der Waals surface area (Å²) in [6.07, 6.45) is 0.791. The lowest BCUT2D eigenvalue weighted by atomic mass is 9.97. The summed E-state index contributed by atoms with van der Waals surface area (Å²) >= 11 is 0. The average Bonchev–Trinajstić information content (AvgIpc) is 2.99. The fourth-order valence-corrected chi connectivity index (χ4v) is 3.69. The van der Waals surface area contributed by atoms with Crippen LogP contribution >= 0.6 is 0 Å². The lowest BCUT2D eigenvalue weighted by Crippen LogP contribution is -2.40. The average molecular weight is 408 g/mol. The molecule has 1 aliphatic rings. The van der Waals surface area contributed by atoms with Crippen LogP contribution in [-0.2, 0) is 4.79 Å². The lowest BCUT2D eigenvalue weighted by Gasteiger charge is -2.22. The summed E-state index contributed by atoms with van der Waals surface area (Å²) in [5, 5.41) is 2.81. The maximum Gasteiger partial charge on any atom is 0.254 e. The molecule has 0 aliphatic carbocycles. The van der Waals surface area contributed by atoms with E-state index in [9.17, 15) is 14.4 Å². The number of carbonyl (C=O) groups excluding carboxylic acids is 3. The first-order valence-electron chi connectivity index (χ1n) is 10.5. The summed E-state index contributed by atoms with van der Waals surface area (Å²) in [7, 11) is 0. The van der Waals surface area contributed by atoms with Gasteiger partial charge in [0.2, 0.25) is 5.91 Å². The van der Waals surface area contributed by atoms with Crippen LogP contribution in [0.15, 0.2) is 48.5 Å². The summed E-state index contributed by atoms with van der Waals surface area (Å²) in [5.41, 5.74) is 2.51. The fourth-order valence-electron chi connectivity index (χ4n) is 3.69. The van der Waals surface area contributed by atoms with Gasteiger partial charge in [0.25, 0.3) is 5.91 Å². The normalized spacial score (nSPS) is 14.8. The molecule has 1 heterocycles. The first kappa shape index (κ1) is 21.7. The molecule has 1 saturated heterocycles. The van der Waals surface area contributed by atoms with Gasteiger partial charge < -0.3 is 10.2 Å². The third-order valence-electron chi connectivity index (χ3n) is 5.33. The summed E-state index contributed by atoms with van der Waals surface area (Å²) in [4.78, 5) is 42.0. The Bertz CT molecular complexity index is 908. The molecular formula is C24H29N3O3. The molecule has 158 valence electrons. The van der Waals surface area contributed by atoms with Crippen LogP contribution in [0.2, 0.25) is 0 Å². The van der Waals surface area contributed by atoms with E-state index in [4.69, 9.17) is 0 Å². The van der Waals surface area contributed by atoms with E-state index in [2.05, 4.69) is 10.2 Å². The van der Waals surface area contributed by atoms with E-state index in [-0.39, 0.29) is 17.6 Å². The van der Waals surface area contributed by atoms with Crippen LogP contribution in [0.1, 0.15) is 45.2 Å². The highest BCUT2D eigenvalue weighted by Crippen LogP contribution is 2.18. The van der Waals surface area contributed by atoms with Crippen LogP contribution in [0.25, 0.3) is 0 Å². The zero-order chi connectivity index (χ0) is 21.5. The number of hydrogen-bond acceptors (Lipinski definition) is 4. The van der Waals surface area contributed by atoms with Gasteiger partial charge in [-0.2, -0.15) is 0 Å². The van der Waals surface area contributed by atoms with Crippen LogP contribution in [0.4, 0.5) is 0 Å². The minimum atomic E-state index is -0.147. The second kappa shape index (κ2) is 10.2. The topological polar surface area (TPSA) is 69.7 Å². The number of nitrogens with one attached hydrogen (secondary N) is 1. The molecule has 1 N–H and O–H groups in total. The third kappa shape index (κ3) is 5.33. The van der Waals surface area contributed by atoms with Gasteiger partial charge in [0.15, 0.2) is 5.78 Å². The van der Waals surface area contributed by atoms with E-state index < -0.39 is 0 Å². The third-order valence-corrected chi connectivity index (χ3v) is 5.33. The van der Waals surface area contributed by atoms with Crippen molar-refractivity contribution in [2.75, 3.05) is 39.3 Å². The highest BCUT2D eigenvalue weighted by Gasteiger charge is 2.25. The van der Waals surface area contributed by atoms with Crippen molar-refractivity contribution in [3.05, 3.63) is 70.8 Å². The standard InChI is InChI=1S/C24H29N3O3/c1-3-25-22(28)17-26-13-6-14-27(16-15-26)24(30)21-8-5-4-7-20(21)23(29)19-11-9-18(2)10-12-19/h4-5,7-12H,3,6,13-17H2,1-2H3,(H,25,28). The molecule has 0 aromatic heterocycles. The van der Waals surface area contributed by atoms with Crippen molar-refractivity contribution < 1.29 is 14.4 Å². The zero-order valence-corrected chi connectivity index (χ0v) is 17.7. The van der Waals surface area contributed by atoms with E-state index in [1.165, 1.54) is 0 Å². The van der Waals surface area contributed by atoms with E-state index in [0.717, 1.165) is 18.5 Å². The first-order chi connectivity index (χ1) is 14.5. The van der Waals surface area contributed by atoms with Crippen molar-refractivity contribution in [1.29, 1.82) is 0 Å². The number of amides is 2. The quantitative estimate of drug-likeness (QED) is 0.747. The Hall–Kier alpha value is -2.99. The van der Waals surface area contributed by atoms with Gasteiger partial charge in [0.05, 0.1) is 12.1 Å². The Kier molecular flexibility index (Phi) is 7.36. The van der Waals surface area contributed by atoms with Gasteiger partial charge in [-0.1, -0.05) is 48.0 Å². The minimum Gasteiger partial charge on any atom is -0.355 e. The molecule has 0 spiro atoms. The monoisotopic (exact) mass is 407 g/mol. The predicted molar refractivity (Wildman–Crippen MR) is 117 cm³/mol. The molecule has 0 atom stereocenters. The molecule has 2 aromatic carbocycles. The molecule has 3 rings (SSSR count). The van der Waals surface area contributed by atoms with Crippen molar-refractivity contribution >= 4 is 17.6 Å². The molecule has 6 nitrogen and oxygen atoms in total. The number of ketones is 1. The highest BCUT2D eigenvalue weighted by molar-refractivity contribution is 6.15. The molecule has 0 radical (unpaired) electrons. The van der Waals surface area contributed by atoms with Gasteiger partial charge in [0, 0.05) is 43.9 Å². The SMILES string of the molecule is CCNC(=O)CN1CCCN(C(=O)c2ccccc2C(=O)c2ccc(C)cc2)CC1. The van der Waals surface area contributed by atoms with Crippen LogP contribution in [0, 0.1) is 6.92 Å². The van der Waals surface area contributed by atoms with Crippen LogP contribution in [0.3, 0.4) is 0 Å². The Balaban J connectivity index is 1.73. The smallest absolute Gasteiger partial charge is 0.254 e. The van der Waals surface area contributed by atoms with Crippen LogP contribution in [0.5, 0.6) is 0 Å². The van der Waals surface area contributed by atoms with Gasteiger partial charge in [-0.3, -0.25) is 19.3 Å². The molecule has 0 bridgehead atoms. The Morgan fingerprint density at radius 3 is 2.30 bits per heavy atom. The molecule has 1 fully saturated rings. The first-order valence-corrected chi connectivity index (χ1v) is 10.5. The molecule has 0 saturated carbocycles. The number of aryl methyl sites for hydroxylation is 1. The van der Waals surface area contributed by atoms with Crippen molar-refractivity contribution in [2.24, 2.45) is 0 Å². The molecule has 30 heavy (non-hydrogen) atoms. The van der Waals surface area contributed by atoms with Gasteiger partial charge >= 0.3 is 0 Å². The number of benzene rings is 2. The van der Waals surface area contributed by atoms with Crippen molar-refractivity contribution in [3.63, 3.8) is 0 Å². The fraction of sp³-hybridized carbons (Fsp3) is 0.375. The van der Waals surface area contributed by atoms with E-state index in [0.29, 0.717) is 49.4 Å². The molecule has 2 aromatic rings. The summed E-state index contributed by atoms with van der Waals surface area (Å²) in [6.45, 7) is 7.38. The number of likely N-dealkylation sites (N-methyl/N-ethyl adjacent to an activating group) is 1. The van der Waals surface area contributed by atoms with Gasteiger partial charge in [0.1, 0.15) is 0 Å². The van der Waals surface area contributed by atoms with Gasteiger partial charge in [-0.05, 0) is 26.3 Å². The van der Waals surface area contributed by atoms with Gasteiger partial charge in [-0.25, -0.2) is 0 Å². The highest BCUT2D eigenvalue weighted by atomic mass is 16.2. The zero-order valence-electron chi connectivity index (χ0n) is 17.7. The van der Waals surface area contributed by atoms with Crippen molar-refractivity contribution in [3.8, 4) is 0 Å². The Morgan fingerprint density at radius 1 is 0.900 bits per heavy atom. The molecule has 2 amide bonds. The minimum absolute atomic E-state index is 0.00585. The summed E-state index contributed by atoms with van der Waals surface area (Å²) in [5.74, 6) is -0.274. The second-order valence-electron chi connectivity index (χ2n) is 7.62. The van der Waals surface area contributed by atoms with Gasteiger partial charge in [-0.15, -0.1) is 0 Å². The summed E-state index contributed by atoms with van der Waals surface area (Å²) in [6, 6.07) is 14.4. The van der Waals surface area contributed by atoms with E-state index in [1.54, 1.807) is 41.3 Å². The molecule has 0 unspecified atom stereocenters.